The quantitative estimate of drug-likeness (QED) is 0.847. The molecule has 4 rings (SSSR count). The molecule has 1 aromatic carbocycles. The van der Waals surface area contributed by atoms with E-state index in [2.05, 4.69) is 18.8 Å². The molecule has 0 N–H and O–H groups in total. The Bertz CT molecular complexity index is 798. The molecular formula is C20H21FN2O3. The molecule has 26 heavy (non-hydrogen) atoms. The zero-order chi connectivity index (χ0) is 18.2. The Balaban J connectivity index is 1.71. The molecule has 0 bridgehead atoms. The zero-order valence-electron chi connectivity index (χ0n) is 14.8. The van der Waals surface area contributed by atoms with E-state index < -0.39 is 11.8 Å². The summed E-state index contributed by atoms with van der Waals surface area (Å²) in [7, 11) is 0. The molecule has 136 valence electrons. The maximum absolute atomic E-state index is 13.4. The van der Waals surface area contributed by atoms with E-state index in [4.69, 9.17) is 19.2 Å². The average Bonchev–Trinajstić information content (AvgIpc) is 3.09. The highest BCUT2D eigenvalue weighted by atomic mass is 19.1. The summed E-state index contributed by atoms with van der Waals surface area (Å²) in [6, 6.07) is 10.1. The minimum absolute atomic E-state index is 0.0329. The summed E-state index contributed by atoms with van der Waals surface area (Å²) in [5, 5.41) is 0. The number of ether oxygens (including phenoxy) is 3. The SMILES string of the molecule is CC1(C)COC(C2=NC(c3ccncc3)(c3ccc(F)cc3)CO2)OC1. The third-order valence-electron chi connectivity index (χ3n) is 4.66. The Morgan fingerprint density at radius 3 is 2.19 bits per heavy atom. The standard InChI is InChI=1S/C20H21FN2O3/c1-19(2)11-25-18(26-12-19)17-23-20(13-24-17,15-7-9-22-10-8-15)14-3-5-16(21)6-4-14/h3-10,18H,11-13H2,1-2H3. The van der Waals surface area contributed by atoms with Crippen LogP contribution < -0.4 is 0 Å². The number of halogens is 1. The van der Waals surface area contributed by atoms with E-state index in [1.54, 1.807) is 24.5 Å². The van der Waals surface area contributed by atoms with Crippen molar-refractivity contribution < 1.29 is 18.6 Å². The predicted octanol–water partition coefficient (Wildman–Crippen LogP) is 3.29. The number of rotatable bonds is 3. The molecule has 6 heteroatoms. The first-order valence-corrected chi connectivity index (χ1v) is 8.61. The van der Waals surface area contributed by atoms with Crippen molar-refractivity contribution in [3.63, 3.8) is 0 Å². The zero-order valence-corrected chi connectivity index (χ0v) is 14.8. The normalized spacial score (nSPS) is 25.6. The molecule has 0 radical (unpaired) electrons. The summed E-state index contributed by atoms with van der Waals surface area (Å²) < 4.78 is 30.9. The van der Waals surface area contributed by atoms with Crippen molar-refractivity contribution in [2.24, 2.45) is 10.4 Å². The Morgan fingerprint density at radius 2 is 1.54 bits per heavy atom. The maximum atomic E-state index is 13.4. The molecule has 1 unspecified atom stereocenters. The fourth-order valence-electron chi connectivity index (χ4n) is 3.20. The summed E-state index contributed by atoms with van der Waals surface area (Å²) in [6.45, 7) is 5.60. The lowest BCUT2D eigenvalue weighted by atomic mass is 9.85. The second kappa shape index (κ2) is 6.45. The third-order valence-corrected chi connectivity index (χ3v) is 4.66. The van der Waals surface area contributed by atoms with E-state index in [0.717, 1.165) is 11.1 Å². The molecule has 2 aliphatic heterocycles. The first kappa shape index (κ1) is 17.1. The Morgan fingerprint density at radius 1 is 0.923 bits per heavy atom. The van der Waals surface area contributed by atoms with Gasteiger partial charge in [0.05, 0.1) is 13.2 Å². The van der Waals surface area contributed by atoms with E-state index in [-0.39, 0.29) is 11.2 Å². The van der Waals surface area contributed by atoms with Crippen LogP contribution in [0.4, 0.5) is 4.39 Å². The minimum atomic E-state index is -0.772. The number of aromatic nitrogens is 1. The van der Waals surface area contributed by atoms with Crippen molar-refractivity contribution in [3.05, 3.63) is 65.7 Å². The van der Waals surface area contributed by atoms with Crippen LogP contribution in [0.15, 0.2) is 53.8 Å². The van der Waals surface area contributed by atoms with E-state index in [9.17, 15) is 4.39 Å². The van der Waals surface area contributed by atoms with Crippen molar-refractivity contribution in [3.8, 4) is 0 Å². The Kier molecular flexibility index (Phi) is 4.25. The number of pyridine rings is 1. The highest BCUT2D eigenvalue weighted by molar-refractivity contribution is 5.82. The highest BCUT2D eigenvalue weighted by Crippen LogP contribution is 2.39. The number of hydrogen-bond donors (Lipinski definition) is 0. The van der Waals surface area contributed by atoms with Gasteiger partial charge in [-0.15, -0.1) is 0 Å². The van der Waals surface area contributed by atoms with Gasteiger partial charge >= 0.3 is 0 Å². The van der Waals surface area contributed by atoms with Gasteiger partial charge in [-0.1, -0.05) is 26.0 Å². The summed E-state index contributed by atoms with van der Waals surface area (Å²) in [6.07, 6.45) is 2.81. The molecule has 0 amide bonds. The molecule has 0 saturated carbocycles. The third kappa shape index (κ3) is 3.10. The second-order valence-corrected chi connectivity index (χ2v) is 7.46. The smallest absolute Gasteiger partial charge is 0.243 e. The summed E-state index contributed by atoms with van der Waals surface area (Å²) in [5.41, 5.74) is 0.960. The summed E-state index contributed by atoms with van der Waals surface area (Å²) >= 11 is 0. The fraction of sp³-hybridized carbons (Fsp3) is 0.400. The first-order valence-electron chi connectivity index (χ1n) is 8.61. The number of nitrogens with zero attached hydrogens (tertiary/aromatic N) is 2. The van der Waals surface area contributed by atoms with Crippen LogP contribution in [0, 0.1) is 11.2 Å². The lowest BCUT2D eigenvalue weighted by Crippen LogP contribution is -2.41. The highest BCUT2D eigenvalue weighted by Gasteiger charge is 2.44. The summed E-state index contributed by atoms with van der Waals surface area (Å²) in [5.74, 6) is 0.129. The predicted molar refractivity (Wildman–Crippen MR) is 94.3 cm³/mol. The van der Waals surface area contributed by atoms with Gasteiger partial charge in [-0.2, -0.15) is 0 Å². The van der Waals surface area contributed by atoms with Crippen LogP contribution in [-0.2, 0) is 19.7 Å². The molecule has 0 aliphatic carbocycles. The molecule has 0 spiro atoms. The van der Waals surface area contributed by atoms with Crippen LogP contribution in [-0.4, -0.2) is 37.0 Å². The van der Waals surface area contributed by atoms with Crippen molar-refractivity contribution in [2.75, 3.05) is 19.8 Å². The molecule has 1 saturated heterocycles. The molecule has 1 atom stereocenters. The van der Waals surface area contributed by atoms with Crippen LogP contribution in [0.2, 0.25) is 0 Å². The molecule has 1 aromatic heterocycles. The number of hydrogen-bond acceptors (Lipinski definition) is 5. The van der Waals surface area contributed by atoms with Gasteiger partial charge in [-0.05, 0) is 35.4 Å². The van der Waals surface area contributed by atoms with Gasteiger partial charge in [0.15, 0.2) is 0 Å². The Labute approximate surface area is 151 Å². The van der Waals surface area contributed by atoms with Crippen LogP contribution in [0.5, 0.6) is 0 Å². The van der Waals surface area contributed by atoms with E-state index in [1.165, 1.54) is 12.1 Å². The molecule has 5 nitrogen and oxygen atoms in total. The van der Waals surface area contributed by atoms with Crippen molar-refractivity contribution >= 4 is 5.90 Å². The summed E-state index contributed by atoms with van der Waals surface area (Å²) in [4.78, 5) is 8.94. The van der Waals surface area contributed by atoms with Crippen molar-refractivity contribution in [2.45, 2.75) is 25.7 Å². The minimum Gasteiger partial charge on any atom is -0.474 e. The number of aliphatic imine (C=N–C) groups is 1. The van der Waals surface area contributed by atoms with Gasteiger partial charge in [-0.25, -0.2) is 9.38 Å². The Hall–Kier alpha value is -2.31. The fourth-order valence-corrected chi connectivity index (χ4v) is 3.20. The lowest BCUT2D eigenvalue weighted by Gasteiger charge is -2.33. The maximum Gasteiger partial charge on any atom is 0.243 e. The van der Waals surface area contributed by atoms with Gasteiger partial charge in [0, 0.05) is 17.8 Å². The van der Waals surface area contributed by atoms with Gasteiger partial charge < -0.3 is 14.2 Å². The number of benzene rings is 1. The van der Waals surface area contributed by atoms with Crippen molar-refractivity contribution in [1.82, 2.24) is 4.98 Å². The molecule has 2 aromatic rings. The van der Waals surface area contributed by atoms with E-state index in [1.807, 2.05) is 12.1 Å². The monoisotopic (exact) mass is 356 g/mol. The van der Waals surface area contributed by atoms with Gasteiger partial charge in [0.1, 0.15) is 18.0 Å². The molecule has 3 heterocycles. The second-order valence-electron chi connectivity index (χ2n) is 7.46. The first-order chi connectivity index (χ1) is 12.5. The van der Waals surface area contributed by atoms with E-state index >= 15 is 0 Å². The van der Waals surface area contributed by atoms with Crippen molar-refractivity contribution in [1.29, 1.82) is 0 Å². The van der Waals surface area contributed by atoms with Crippen LogP contribution in [0.1, 0.15) is 25.0 Å². The van der Waals surface area contributed by atoms with Gasteiger partial charge in [0.2, 0.25) is 12.2 Å². The molecular weight excluding hydrogens is 335 g/mol. The lowest BCUT2D eigenvalue weighted by molar-refractivity contribution is -0.193. The largest absolute Gasteiger partial charge is 0.474 e. The van der Waals surface area contributed by atoms with Crippen LogP contribution in [0.3, 0.4) is 0 Å². The van der Waals surface area contributed by atoms with Crippen LogP contribution >= 0.6 is 0 Å². The molecule has 2 aliphatic rings. The molecule has 1 fully saturated rings. The average molecular weight is 356 g/mol. The van der Waals surface area contributed by atoms with Gasteiger partial charge in [-0.3, -0.25) is 4.98 Å². The van der Waals surface area contributed by atoms with E-state index in [0.29, 0.717) is 25.7 Å². The van der Waals surface area contributed by atoms with Gasteiger partial charge in [0.25, 0.3) is 0 Å². The van der Waals surface area contributed by atoms with Crippen LogP contribution in [0.25, 0.3) is 0 Å². The topological polar surface area (TPSA) is 52.9 Å².